The Morgan fingerprint density at radius 1 is 1.55 bits per heavy atom. The minimum atomic E-state index is -0.715. The van der Waals surface area contributed by atoms with Crippen molar-refractivity contribution >= 4 is 11.8 Å². The molecule has 1 N–H and O–H groups in total. The maximum absolute atomic E-state index is 12.6. The smallest absolute Gasteiger partial charge is 0.0976 e. The fourth-order valence-corrected chi connectivity index (χ4v) is 3.05. The Labute approximate surface area is 71.4 Å². The van der Waals surface area contributed by atoms with Gasteiger partial charge in [-0.05, 0) is 36.7 Å². The molecule has 1 heterocycles. The van der Waals surface area contributed by atoms with Crippen LogP contribution in [0.2, 0.25) is 0 Å². The highest BCUT2D eigenvalue weighted by Gasteiger charge is 2.28. The molecule has 3 heteroatoms. The number of hydrogen-bond donors (Lipinski definition) is 1. The Kier molecular flexibility index (Phi) is 3.66. The number of halogens is 1. The molecule has 0 amide bonds. The summed E-state index contributed by atoms with van der Waals surface area (Å²) in [6.45, 7) is 1.82. The van der Waals surface area contributed by atoms with E-state index in [0.29, 0.717) is 18.3 Å². The van der Waals surface area contributed by atoms with Gasteiger partial charge in [-0.3, -0.25) is 0 Å². The van der Waals surface area contributed by atoms with Gasteiger partial charge in [-0.1, -0.05) is 0 Å². The lowest BCUT2D eigenvalue weighted by Crippen LogP contribution is -2.19. The van der Waals surface area contributed by atoms with Gasteiger partial charge in [0.25, 0.3) is 0 Å². The molecule has 0 spiro atoms. The number of aliphatic hydroxyl groups is 1. The predicted octanol–water partition coefficient (Wildman–Crippen LogP) is 1.71. The van der Waals surface area contributed by atoms with E-state index >= 15 is 0 Å². The van der Waals surface area contributed by atoms with Crippen LogP contribution in [-0.4, -0.2) is 29.4 Å². The molecule has 1 aliphatic heterocycles. The highest BCUT2D eigenvalue weighted by Crippen LogP contribution is 2.32. The third kappa shape index (κ3) is 2.64. The van der Waals surface area contributed by atoms with E-state index in [2.05, 4.69) is 0 Å². The minimum Gasteiger partial charge on any atom is -0.396 e. The molecule has 3 unspecified atom stereocenters. The molecular weight excluding hydrogens is 163 g/mol. The highest BCUT2D eigenvalue weighted by molar-refractivity contribution is 7.99. The lowest BCUT2D eigenvalue weighted by atomic mass is 9.92. The SMILES string of the molecule is CC(F)CC1CSCC1CO. The largest absolute Gasteiger partial charge is 0.396 e. The molecule has 3 atom stereocenters. The van der Waals surface area contributed by atoms with Crippen LogP contribution in [0.1, 0.15) is 13.3 Å². The average molecular weight is 178 g/mol. The fraction of sp³-hybridized carbons (Fsp3) is 1.00. The number of rotatable bonds is 3. The Bertz CT molecular complexity index is 119. The summed E-state index contributed by atoms with van der Waals surface area (Å²) in [5, 5.41) is 8.91. The van der Waals surface area contributed by atoms with E-state index in [4.69, 9.17) is 5.11 Å². The van der Waals surface area contributed by atoms with Crippen molar-refractivity contribution in [3.63, 3.8) is 0 Å². The molecule has 0 aromatic heterocycles. The summed E-state index contributed by atoms with van der Waals surface area (Å²) in [7, 11) is 0. The number of alkyl halides is 1. The van der Waals surface area contributed by atoms with Gasteiger partial charge in [-0.25, -0.2) is 4.39 Å². The third-order valence-electron chi connectivity index (χ3n) is 2.19. The summed E-state index contributed by atoms with van der Waals surface area (Å²) >= 11 is 1.83. The van der Waals surface area contributed by atoms with Crippen molar-refractivity contribution in [3.05, 3.63) is 0 Å². The van der Waals surface area contributed by atoms with Crippen LogP contribution in [0.3, 0.4) is 0 Å². The van der Waals surface area contributed by atoms with Gasteiger partial charge in [0.05, 0.1) is 6.17 Å². The molecule has 0 saturated carbocycles. The van der Waals surface area contributed by atoms with E-state index in [1.54, 1.807) is 6.92 Å². The van der Waals surface area contributed by atoms with Gasteiger partial charge in [0.15, 0.2) is 0 Å². The molecule has 1 saturated heterocycles. The van der Waals surface area contributed by atoms with E-state index < -0.39 is 6.17 Å². The minimum absolute atomic E-state index is 0.227. The monoisotopic (exact) mass is 178 g/mol. The van der Waals surface area contributed by atoms with Gasteiger partial charge in [-0.15, -0.1) is 0 Å². The van der Waals surface area contributed by atoms with Crippen LogP contribution in [0.4, 0.5) is 4.39 Å². The van der Waals surface area contributed by atoms with Crippen LogP contribution in [0.5, 0.6) is 0 Å². The predicted molar refractivity (Wildman–Crippen MR) is 46.6 cm³/mol. The molecule has 0 radical (unpaired) electrons. The fourth-order valence-electron chi connectivity index (χ4n) is 1.52. The Morgan fingerprint density at radius 3 is 2.73 bits per heavy atom. The van der Waals surface area contributed by atoms with Crippen molar-refractivity contribution in [1.82, 2.24) is 0 Å². The number of hydrogen-bond acceptors (Lipinski definition) is 2. The quantitative estimate of drug-likeness (QED) is 0.710. The lowest BCUT2D eigenvalue weighted by Gasteiger charge is -2.16. The second kappa shape index (κ2) is 4.31. The van der Waals surface area contributed by atoms with Crippen molar-refractivity contribution in [3.8, 4) is 0 Å². The second-order valence-corrected chi connectivity index (χ2v) is 4.33. The van der Waals surface area contributed by atoms with Crippen LogP contribution in [0.15, 0.2) is 0 Å². The summed E-state index contributed by atoms with van der Waals surface area (Å²) in [6.07, 6.45) is -0.0918. The molecule has 66 valence electrons. The Hall–Kier alpha value is 0.240. The molecule has 0 bridgehead atoms. The van der Waals surface area contributed by atoms with Crippen molar-refractivity contribution in [2.24, 2.45) is 11.8 Å². The zero-order valence-corrected chi connectivity index (χ0v) is 7.61. The van der Waals surface area contributed by atoms with E-state index in [9.17, 15) is 4.39 Å². The van der Waals surface area contributed by atoms with E-state index in [1.165, 1.54) is 0 Å². The van der Waals surface area contributed by atoms with E-state index in [1.807, 2.05) is 11.8 Å². The first-order valence-electron chi connectivity index (χ1n) is 4.06. The summed E-state index contributed by atoms with van der Waals surface area (Å²) in [5.74, 6) is 2.79. The Morgan fingerprint density at radius 2 is 2.18 bits per heavy atom. The molecule has 1 aliphatic rings. The average Bonchev–Trinajstić information content (AvgIpc) is 2.34. The molecule has 11 heavy (non-hydrogen) atoms. The van der Waals surface area contributed by atoms with Crippen molar-refractivity contribution in [2.45, 2.75) is 19.5 Å². The van der Waals surface area contributed by atoms with Crippen molar-refractivity contribution < 1.29 is 9.50 Å². The third-order valence-corrected chi connectivity index (χ3v) is 3.52. The Balaban J connectivity index is 2.31. The van der Waals surface area contributed by atoms with Gasteiger partial charge in [-0.2, -0.15) is 11.8 Å². The van der Waals surface area contributed by atoms with Gasteiger partial charge < -0.3 is 5.11 Å². The molecule has 0 aliphatic carbocycles. The van der Waals surface area contributed by atoms with E-state index in [0.717, 1.165) is 11.5 Å². The molecule has 0 aromatic carbocycles. The second-order valence-electron chi connectivity index (χ2n) is 3.26. The standard InChI is InChI=1S/C8H15FOS/c1-6(9)2-7-4-11-5-8(7)3-10/h6-8,10H,2-5H2,1H3. The molecule has 0 aromatic rings. The van der Waals surface area contributed by atoms with E-state index in [-0.39, 0.29) is 6.61 Å². The number of thioether (sulfide) groups is 1. The molecular formula is C8H15FOS. The van der Waals surface area contributed by atoms with Crippen LogP contribution >= 0.6 is 11.8 Å². The van der Waals surface area contributed by atoms with Crippen LogP contribution in [0, 0.1) is 11.8 Å². The maximum Gasteiger partial charge on any atom is 0.0976 e. The zero-order valence-electron chi connectivity index (χ0n) is 6.79. The van der Waals surface area contributed by atoms with Gasteiger partial charge >= 0.3 is 0 Å². The topological polar surface area (TPSA) is 20.2 Å². The first-order valence-corrected chi connectivity index (χ1v) is 5.22. The maximum atomic E-state index is 12.6. The molecule has 1 rings (SSSR count). The van der Waals surface area contributed by atoms with Crippen LogP contribution < -0.4 is 0 Å². The molecule has 1 nitrogen and oxygen atoms in total. The first-order chi connectivity index (χ1) is 5.24. The zero-order chi connectivity index (χ0) is 8.27. The summed E-state index contributed by atoms with van der Waals surface area (Å²) < 4.78 is 12.6. The van der Waals surface area contributed by atoms with Crippen molar-refractivity contribution in [2.75, 3.05) is 18.1 Å². The number of aliphatic hydroxyl groups excluding tert-OH is 1. The summed E-state index contributed by atoms with van der Waals surface area (Å²) in [6, 6.07) is 0. The normalized spacial score (nSPS) is 34.1. The van der Waals surface area contributed by atoms with Crippen molar-refractivity contribution in [1.29, 1.82) is 0 Å². The highest BCUT2D eigenvalue weighted by atomic mass is 32.2. The lowest BCUT2D eigenvalue weighted by molar-refractivity contribution is 0.181. The van der Waals surface area contributed by atoms with Gasteiger partial charge in [0, 0.05) is 6.61 Å². The summed E-state index contributed by atoms with van der Waals surface area (Å²) in [4.78, 5) is 0. The van der Waals surface area contributed by atoms with Gasteiger partial charge in [0.1, 0.15) is 0 Å². The van der Waals surface area contributed by atoms with Crippen LogP contribution in [0.25, 0.3) is 0 Å². The first kappa shape index (κ1) is 9.33. The molecule has 1 fully saturated rings. The van der Waals surface area contributed by atoms with Crippen LogP contribution in [-0.2, 0) is 0 Å². The summed E-state index contributed by atoms with van der Waals surface area (Å²) in [5.41, 5.74) is 0. The van der Waals surface area contributed by atoms with Gasteiger partial charge in [0.2, 0.25) is 0 Å².